The van der Waals surface area contributed by atoms with E-state index in [0.29, 0.717) is 11.4 Å². The lowest BCUT2D eigenvalue weighted by molar-refractivity contribution is -0.123. The van der Waals surface area contributed by atoms with Gasteiger partial charge in [-0.3, -0.25) is 19.3 Å². The predicted octanol–water partition coefficient (Wildman–Crippen LogP) is 4.72. The fraction of sp³-hybridized carbons (Fsp3) is 0.290. The van der Waals surface area contributed by atoms with Gasteiger partial charge in [0.15, 0.2) is 6.61 Å². The first-order chi connectivity index (χ1) is 18.4. The number of hydrogen-bond acceptors (Lipinski definition) is 5. The third-order valence-electron chi connectivity index (χ3n) is 8.34. The van der Waals surface area contributed by atoms with Crippen molar-refractivity contribution in [2.75, 3.05) is 16.8 Å². The summed E-state index contributed by atoms with van der Waals surface area (Å²) in [5, 5.41) is 2.72. The molecule has 2 aliphatic carbocycles. The van der Waals surface area contributed by atoms with Gasteiger partial charge in [-0.1, -0.05) is 54.6 Å². The molecule has 192 valence electrons. The van der Waals surface area contributed by atoms with Gasteiger partial charge in [0.2, 0.25) is 11.8 Å². The Morgan fingerprint density at radius 3 is 2.42 bits per heavy atom. The third-order valence-corrected chi connectivity index (χ3v) is 8.34. The number of rotatable bonds is 6. The normalized spacial score (nSPS) is 25.4. The van der Waals surface area contributed by atoms with Crippen LogP contribution >= 0.6 is 0 Å². The molecule has 0 unspecified atom stereocenters. The van der Waals surface area contributed by atoms with E-state index in [1.54, 1.807) is 24.3 Å². The van der Waals surface area contributed by atoms with Crippen LogP contribution in [0, 0.1) is 30.6 Å². The first-order valence-electron chi connectivity index (χ1n) is 13.0. The minimum absolute atomic E-state index is 0.147. The van der Waals surface area contributed by atoms with Gasteiger partial charge in [-0.15, -0.1) is 0 Å². The summed E-state index contributed by atoms with van der Waals surface area (Å²) in [5.74, 6) is -1.52. The molecule has 0 spiro atoms. The maximum atomic E-state index is 13.6. The summed E-state index contributed by atoms with van der Waals surface area (Å²) >= 11 is 0. The molecule has 1 saturated heterocycles. The van der Waals surface area contributed by atoms with Gasteiger partial charge in [0.25, 0.3) is 5.91 Å². The number of imide groups is 1. The van der Waals surface area contributed by atoms with Crippen molar-refractivity contribution in [3.63, 3.8) is 0 Å². The van der Waals surface area contributed by atoms with Gasteiger partial charge in [-0.05, 0) is 72.9 Å². The smallest absolute Gasteiger partial charge is 0.338 e. The molecule has 0 radical (unpaired) electrons. The maximum absolute atomic E-state index is 13.6. The van der Waals surface area contributed by atoms with Crippen molar-refractivity contribution in [3.8, 4) is 0 Å². The van der Waals surface area contributed by atoms with Crippen molar-refractivity contribution < 1.29 is 23.9 Å². The Morgan fingerprint density at radius 1 is 0.895 bits per heavy atom. The number of esters is 1. The summed E-state index contributed by atoms with van der Waals surface area (Å²) in [6.45, 7) is 1.42. The number of hydrogen-bond donors (Lipinski definition) is 1. The fourth-order valence-electron chi connectivity index (χ4n) is 6.68. The molecule has 2 bridgehead atoms. The van der Waals surface area contributed by atoms with E-state index < -0.39 is 18.5 Å². The minimum Gasteiger partial charge on any atom is -0.452 e. The molecule has 6 rings (SSSR count). The Hall–Kier alpha value is -4.26. The van der Waals surface area contributed by atoms with E-state index in [9.17, 15) is 19.2 Å². The van der Waals surface area contributed by atoms with Crippen molar-refractivity contribution in [1.29, 1.82) is 0 Å². The van der Waals surface area contributed by atoms with E-state index >= 15 is 0 Å². The van der Waals surface area contributed by atoms with Crippen LogP contribution in [0.1, 0.15) is 40.2 Å². The summed E-state index contributed by atoms with van der Waals surface area (Å²) in [7, 11) is 0. The topological polar surface area (TPSA) is 92.8 Å². The lowest BCUT2D eigenvalue weighted by Crippen LogP contribution is -2.33. The lowest BCUT2D eigenvalue weighted by Gasteiger charge is -2.28. The van der Waals surface area contributed by atoms with Crippen LogP contribution < -0.4 is 10.2 Å². The molecule has 3 aliphatic rings. The SMILES string of the molecule is Cc1ccccc1NC(=O)COC(=O)c1cccc(N2C(=O)[C@@H]3[C@@H]4C[C@@H]([C@@H]3C2=O)[C@@H](c2ccccc2)C4)c1. The largest absolute Gasteiger partial charge is 0.452 e. The number of nitrogens with one attached hydrogen (secondary N) is 1. The summed E-state index contributed by atoms with van der Waals surface area (Å²) < 4.78 is 5.22. The van der Waals surface area contributed by atoms with Gasteiger partial charge in [0, 0.05) is 5.69 Å². The summed E-state index contributed by atoms with van der Waals surface area (Å²) in [6.07, 6.45) is 1.82. The zero-order valence-electron chi connectivity index (χ0n) is 21.0. The molecule has 5 atom stereocenters. The van der Waals surface area contributed by atoms with Crippen molar-refractivity contribution in [2.45, 2.75) is 25.7 Å². The number of amides is 3. The molecule has 38 heavy (non-hydrogen) atoms. The second-order valence-corrected chi connectivity index (χ2v) is 10.5. The van der Waals surface area contributed by atoms with Crippen LogP contribution in [0.4, 0.5) is 11.4 Å². The monoisotopic (exact) mass is 508 g/mol. The average molecular weight is 509 g/mol. The number of benzene rings is 3. The molecular weight excluding hydrogens is 480 g/mol. The Balaban J connectivity index is 1.15. The van der Waals surface area contributed by atoms with Crippen LogP contribution in [-0.4, -0.2) is 30.3 Å². The highest BCUT2D eigenvalue weighted by Gasteiger charge is 2.64. The second kappa shape index (κ2) is 9.56. The third kappa shape index (κ3) is 4.08. The second-order valence-electron chi connectivity index (χ2n) is 10.5. The molecule has 1 N–H and O–H groups in total. The van der Waals surface area contributed by atoms with Gasteiger partial charge < -0.3 is 10.1 Å². The van der Waals surface area contributed by atoms with E-state index in [1.165, 1.54) is 16.5 Å². The van der Waals surface area contributed by atoms with Gasteiger partial charge in [0.05, 0.1) is 23.1 Å². The number of carbonyl (C=O) groups excluding carboxylic acids is 4. The van der Waals surface area contributed by atoms with Crippen LogP contribution in [-0.2, 0) is 19.1 Å². The highest BCUT2D eigenvalue weighted by Crippen LogP contribution is 2.61. The molecule has 0 aromatic heterocycles. The Kier molecular flexibility index (Phi) is 6.06. The molecule has 2 saturated carbocycles. The van der Waals surface area contributed by atoms with Crippen LogP contribution in [0.2, 0.25) is 0 Å². The first kappa shape index (κ1) is 24.1. The summed E-state index contributed by atoms with van der Waals surface area (Å²) in [6, 6.07) is 23.9. The number of fused-ring (bicyclic) bond motifs is 5. The van der Waals surface area contributed by atoms with Crippen molar-refractivity contribution in [3.05, 3.63) is 95.6 Å². The van der Waals surface area contributed by atoms with Crippen LogP contribution in [0.5, 0.6) is 0 Å². The number of para-hydroxylation sites is 1. The molecule has 7 heteroatoms. The van der Waals surface area contributed by atoms with Crippen LogP contribution in [0.25, 0.3) is 0 Å². The van der Waals surface area contributed by atoms with Gasteiger partial charge in [-0.2, -0.15) is 0 Å². The van der Waals surface area contributed by atoms with E-state index in [-0.39, 0.29) is 47.0 Å². The molecule has 1 aliphatic heterocycles. The van der Waals surface area contributed by atoms with Gasteiger partial charge >= 0.3 is 5.97 Å². The highest BCUT2D eigenvalue weighted by atomic mass is 16.5. The lowest BCUT2D eigenvalue weighted by atomic mass is 9.73. The quantitative estimate of drug-likeness (QED) is 0.384. The van der Waals surface area contributed by atoms with E-state index in [2.05, 4.69) is 17.4 Å². The average Bonchev–Trinajstić information content (AvgIpc) is 3.60. The zero-order chi connectivity index (χ0) is 26.4. The number of nitrogens with zero attached hydrogens (tertiary/aromatic N) is 1. The Morgan fingerprint density at radius 2 is 1.63 bits per heavy atom. The highest BCUT2D eigenvalue weighted by molar-refractivity contribution is 6.23. The van der Waals surface area contributed by atoms with Crippen molar-refractivity contribution >= 4 is 35.1 Å². The van der Waals surface area contributed by atoms with E-state index in [1.807, 2.05) is 43.3 Å². The number of carbonyl (C=O) groups is 4. The molecule has 3 aromatic rings. The number of anilines is 2. The van der Waals surface area contributed by atoms with Crippen molar-refractivity contribution in [2.24, 2.45) is 23.7 Å². The molecule has 3 fully saturated rings. The standard InChI is InChI=1S/C31H28N2O5/c1-18-8-5-6-13-25(18)32-26(34)17-38-31(37)20-11-7-12-22(14-20)33-29(35)27-21-15-23(19-9-3-2-4-10-19)24(16-21)28(27)30(33)36/h2-14,21,23-24,27-28H,15-17H2,1H3,(H,32,34)/t21-,23+,24+,27+,28-/m0/s1. The Labute approximate surface area is 220 Å². The van der Waals surface area contributed by atoms with Crippen LogP contribution in [0.15, 0.2) is 78.9 Å². The van der Waals surface area contributed by atoms with Gasteiger partial charge in [-0.25, -0.2) is 4.79 Å². The van der Waals surface area contributed by atoms with E-state index in [0.717, 1.165) is 18.4 Å². The zero-order valence-corrected chi connectivity index (χ0v) is 21.0. The predicted molar refractivity (Wildman–Crippen MR) is 141 cm³/mol. The molecular formula is C31H28N2O5. The first-order valence-corrected chi connectivity index (χ1v) is 13.0. The molecule has 7 nitrogen and oxygen atoms in total. The van der Waals surface area contributed by atoms with E-state index in [4.69, 9.17) is 4.74 Å². The van der Waals surface area contributed by atoms with Crippen LogP contribution in [0.3, 0.4) is 0 Å². The molecule has 3 aromatic carbocycles. The summed E-state index contributed by atoms with van der Waals surface area (Å²) in [5.41, 5.74) is 3.31. The maximum Gasteiger partial charge on any atom is 0.338 e. The molecule has 3 amide bonds. The fourth-order valence-corrected chi connectivity index (χ4v) is 6.68. The minimum atomic E-state index is -0.699. The Bertz CT molecular complexity index is 1430. The molecule has 1 heterocycles. The van der Waals surface area contributed by atoms with Crippen molar-refractivity contribution in [1.82, 2.24) is 0 Å². The summed E-state index contributed by atoms with van der Waals surface area (Å²) in [4.78, 5) is 53.3. The number of aryl methyl sites for hydroxylation is 1. The van der Waals surface area contributed by atoms with Gasteiger partial charge in [0.1, 0.15) is 0 Å². The number of ether oxygens (including phenoxy) is 1.